The number of hydrogen-bond donors (Lipinski definition) is 2. The van der Waals surface area contributed by atoms with Gasteiger partial charge in [0.05, 0.1) is 10.7 Å². The first-order chi connectivity index (χ1) is 8.85. The van der Waals surface area contributed by atoms with Crippen molar-refractivity contribution >= 4 is 46.2 Å². The molecule has 1 aromatic rings. The van der Waals surface area contributed by atoms with Gasteiger partial charge in [-0.1, -0.05) is 37.0 Å². The van der Waals surface area contributed by atoms with Gasteiger partial charge in [0, 0.05) is 11.1 Å². The molecule has 0 radical (unpaired) electrons. The summed E-state index contributed by atoms with van der Waals surface area (Å²) in [7, 11) is 0. The molecule has 1 unspecified atom stereocenters. The summed E-state index contributed by atoms with van der Waals surface area (Å²) in [6.07, 6.45) is 3.53. The lowest BCUT2D eigenvalue weighted by atomic mass is 9.92. The predicted molar refractivity (Wildman–Crippen MR) is 87.2 cm³/mol. The fourth-order valence-corrected chi connectivity index (χ4v) is 3.23. The third kappa shape index (κ3) is 4.23. The maximum atomic E-state index is 6.10. The molecule has 1 fully saturated rings. The molecular weight excluding hydrogens is 299 g/mol. The number of hydrogen-bond acceptors (Lipinski definition) is 1. The molecule has 5 heteroatoms. The maximum absolute atomic E-state index is 6.10. The molecule has 19 heavy (non-hydrogen) atoms. The molecule has 2 nitrogen and oxygen atoms in total. The van der Waals surface area contributed by atoms with Gasteiger partial charge >= 0.3 is 0 Å². The third-order valence-electron chi connectivity index (χ3n) is 3.48. The van der Waals surface area contributed by atoms with Gasteiger partial charge in [-0.15, -0.1) is 0 Å². The van der Waals surface area contributed by atoms with E-state index in [-0.39, 0.29) is 0 Å². The van der Waals surface area contributed by atoms with Crippen molar-refractivity contribution in [2.45, 2.75) is 39.2 Å². The highest BCUT2D eigenvalue weighted by Crippen LogP contribution is 2.37. The molecule has 0 amide bonds. The van der Waals surface area contributed by atoms with Gasteiger partial charge < -0.3 is 10.6 Å². The largest absolute Gasteiger partial charge is 0.360 e. The summed E-state index contributed by atoms with van der Waals surface area (Å²) in [4.78, 5) is 0. The number of benzene rings is 1. The second kappa shape index (κ2) is 5.86. The van der Waals surface area contributed by atoms with Gasteiger partial charge in [-0.2, -0.15) is 0 Å². The van der Waals surface area contributed by atoms with Gasteiger partial charge in [-0.3, -0.25) is 0 Å². The van der Waals surface area contributed by atoms with Crippen LogP contribution in [0.3, 0.4) is 0 Å². The van der Waals surface area contributed by atoms with Crippen molar-refractivity contribution in [3.63, 3.8) is 0 Å². The van der Waals surface area contributed by atoms with Crippen molar-refractivity contribution in [3.8, 4) is 0 Å². The van der Waals surface area contributed by atoms with Gasteiger partial charge in [-0.25, -0.2) is 0 Å². The highest BCUT2D eigenvalue weighted by Gasteiger charge is 2.31. The number of halogens is 2. The minimum Gasteiger partial charge on any atom is -0.360 e. The molecular formula is C14H18Cl2N2S. The van der Waals surface area contributed by atoms with Crippen molar-refractivity contribution in [2.75, 3.05) is 5.32 Å². The summed E-state index contributed by atoms with van der Waals surface area (Å²) in [6.45, 7) is 4.59. The summed E-state index contributed by atoms with van der Waals surface area (Å²) in [5.41, 5.74) is 1.19. The first-order valence-corrected chi connectivity index (χ1v) is 7.55. The highest BCUT2D eigenvalue weighted by atomic mass is 35.5. The fraction of sp³-hybridized carbons (Fsp3) is 0.500. The van der Waals surface area contributed by atoms with E-state index >= 15 is 0 Å². The lowest BCUT2D eigenvalue weighted by Gasteiger charge is -2.19. The van der Waals surface area contributed by atoms with Crippen LogP contribution < -0.4 is 10.6 Å². The van der Waals surface area contributed by atoms with Crippen molar-refractivity contribution in [1.82, 2.24) is 5.32 Å². The van der Waals surface area contributed by atoms with Crippen LogP contribution in [0.1, 0.15) is 33.1 Å². The lowest BCUT2D eigenvalue weighted by molar-refractivity contribution is 0.372. The summed E-state index contributed by atoms with van der Waals surface area (Å²) >= 11 is 17.3. The van der Waals surface area contributed by atoms with E-state index in [1.54, 1.807) is 12.1 Å². The first kappa shape index (κ1) is 14.9. The van der Waals surface area contributed by atoms with Crippen LogP contribution >= 0.6 is 35.4 Å². The maximum Gasteiger partial charge on any atom is 0.171 e. The first-order valence-electron chi connectivity index (χ1n) is 6.38. The molecule has 0 saturated heterocycles. The fourth-order valence-electron chi connectivity index (χ4n) is 2.49. The van der Waals surface area contributed by atoms with E-state index in [1.165, 1.54) is 6.42 Å². The summed E-state index contributed by atoms with van der Waals surface area (Å²) in [6, 6.07) is 5.77. The Labute approximate surface area is 129 Å². The summed E-state index contributed by atoms with van der Waals surface area (Å²) in [5, 5.41) is 8.28. The molecule has 0 bridgehead atoms. The van der Waals surface area contributed by atoms with Crippen molar-refractivity contribution in [1.29, 1.82) is 0 Å². The zero-order valence-corrected chi connectivity index (χ0v) is 13.4. The Kier molecular flexibility index (Phi) is 4.59. The van der Waals surface area contributed by atoms with E-state index in [0.29, 0.717) is 26.6 Å². The van der Waals surface area contributed by atoms with E-state index in [1.807, 2.05) is 6.07 Å². The molecule has 104 valence electrons. The Morgan fingerprint density at radius 1 is 1.37 bits per heavy atom. The number of thiocarbonyl (C=S) groups is 1. The smallest absolute Gasteiger partial charge is 0.171 e. The van der Waals surface area contributed by atoms with Crippen LogP contribution in [0, 0.1) is 5.41 Å². The SMILES string of the molecule is CC1(C)CCC(NC(=S)Nc2ccc(Cl)cc2Cl)C1. The van der Waals surface area contributed by atoms with Crippen molar-refractivity contribution in [2.24, 2.45) is 5.41 Å². The van der Waals surface area contributed by atoms with Gasteiger partial charge in [-0.05, 0) is 55.1 Å². The molecule has 1 aliphatic carbocycles. The summed E-state index contributed by atoms with van der Waals surface area (Å²) in [5.74, 6) is 0. The Bertz CT molecular complexity index is 488. The Morgan fingerprint density at radius 2 is 2.11 bits per heavy atom. The molecule has 0 heterocycles. The Hall–Kier alpha value is -0.510. The topological polar surface area (TPSA) is 24.1 Å². The number of anilines is 1. The molecule has 0 aliphatic heterocycles. The van der Waals surface area contributed by atoms with Crippen LogP contribution in [-0.4, -0.2) is 11.2 Å². The van der Waals surface area contributed by atoms with E-state index in [0.717, 1.165) is 18.5 Å². The molecule has 1 atom stereocenters. The third-order valence-corrected chi connectivity index (χ3v) is 4.25. The lowest BCUT2D eigenvalue weighted by Crippen LogP contribution is -2.36. The normalized spacial score (nSPS) is 21.2. The second-order valence-corrected chi connectivity index (χ2v) is 7.08. The van der Waals surface area contributed by atoms with E-state index < -0.39 is 0 Å². The van der Waals surface area contributed by atoms with Crippen LogP contribution in [-0.2, 0) is 0 Å². The van der Waals surface area contributed by atoms with Gasteiger partial charge in [0.2, 0.25) is 0 Å². The minimum absolute atomic E-state index is 0.408. The zero-order valence-electron chi connectivity index (χ0n) is 11.1. The van der Waals surface area contributed by atoms with Crippen LogP contribution in [0.2, 0.25) is 10.0 Å². The van der Waals surface area contributed by atoms with Crippen molar-refractivity contribution in [3.05, 3.63) is 28.2 Å². The van der Waals surface area contributed by atoms with Gasteiger partial charge in [0.1, 0.15) is 0 Å². The van der Waals surface area contributed by atoms with E-state index in [9.17, 15) is 0 Å². The van der Waals surface area contributed by atoms with E-state index in [2.05, 4.69) is 24.5 Å². The second-order valence-electron chi connectivity index (χ2n) is 5.83. The monoisotopic (exact) mass is 316 g/mol. The number of nitrogens with one attached hydrogen (secondary N) is 2. The molecule has 0 aromatic heterocycles. The minimum atomic E-state index is 0.408. The van der Waals surface area contributed by atoms with E-state index in [4.69, 9.17) is 35.4 Å². The van der Waals surface area contributed by atoms with Crippen LogP contribution in [0.15, 0.2) is 18.2 Å². The van der Waals surface area contributed by atoms with Crippen LogP contribution in [0.4, 0.5) is 5.69 Å². The molecule has 0 spiro atoms. The molecule has 2 rings (SSSR count). The van der Waals surface area contributed by atoms with Crippen LogP contribution in [0.5, 0.6) is 0 Å². The predicted octanol–water partition coefficient (Wildman–Crippen LogP) is 4.86. The van der Waals surface area contributed by atoms with Gasteiger partial charge in [0.15, 0.2) is 5.11 Å². The van der Waals surface area contributed by atoms with Crippen LogP contribution in [0.25, 0.3) is 0 Å². The summed E-state index contributed by atoms with van der Waals surface area (Å²) < 4.78 is 0. The quantitative estimate of drug-likeness (QED) is 0.762. The average Bonchev–Trinajstić information content (AvgIpc) is 2.62. The zero-order chi connectivity index (χ0) is 14.0. The Morgan fingerprint density at radius 3 is 2.68 bits per heavy atom. The number of rotatable bonds is 2. The standard InChI is InChI=1S/C14H18Cl2N2S/c1-14(2)6-5-10(8-14)17-13(19)18-12-4-3-9(15)7-11(12)16/h3-4,7,10H,5-6,8H2,1-2H3,(H2,17,18,19). The highest BCUT2D eigenvalue weighted by molar-refractivity contribution is 7.80. The molecule has 1 aliphatic rings. The molecule has 1 aromatic carbocycles. The molecule has 1 saturated carbocycles. The molecule has 2 N–H and O–H groups in total. The Balaban J connectivity index is 1.91. The van der Waals surface area contributed by atoms with Crippen molar-refractivity contribution < 1.29 is 0 Å². The average molecular weight is 317 g/mol. The van der Waals surface area contributed by atoms with Gasteiger partial charge in [0.25, 0.3) is 0 Å².